The third-order valence-corrected chi connectivity index (χ3v) is 3.52. The lowest BCUT2D eigenvalue weighted by Gasteiger charge is -2.12. The molecule has 0 aliphatic carbocycles. The van der Waals surface area contributed by atoms with E-state index in [1.165, 1.54) is 7.11 Å². The molecule has 2 aromatic rings. The number of rotatable bonds is 4. The molecule has 0 aliphatic rings. The zero-order valence-corrected chi connectivity index (χ0v) is 13.4. The second-order valence-electron chi connectivity index (χ2n) is 4.24. The number of aromatic hydroxyl groups is 1. The van der Waals surface area contributed by atoms with E-state index in [0.29, 0.717) is 22.9 Å². The number of aryl methyl sites for hydroxylation is 1. The Kier molecular flexibility index (Phi) is 4.73. The van der Waals surface area contributed by atoms with Gasteiger partial charge in [0.25, 0.3) is 0 Å². The van der Waals surface area contributed by atoms with Gasteiger partial charge < -0.3 is 15.2 Å². The largest absolute Gasteiger partial charge is 0.504 e. The first-order valence-electron chi connectivity index (χ1n) is 5.93. The van der Waals surface area contributed by atoms with Crippen LogP contribution < -0.4 is 10.1 Å². The third kappa shape index (κ3) is 3.35. The SMILES string of the molecule is COc1cc(Cl)cc(CNc2ccc(Br)nc2C)c1O. The quantitative estimate of drug-likeness (QED) is 0.808. The zero-order chi connectivity index (χ0) is 14.7. The van der Waals surface area contributed by atoms with E-state index in [-0.39, 0.29) is 5.75 Å². The highest BCUT2D eigenvalue weighted by molar-refractivity contribution is 9.10. The fourth-order valence-corrected chi connectivity index (χ4v) is 2.46. The van der Waals surface area contributed by atoms with Gasteiger partial charge >= 0.3 is 0 Å². The molecule has 0 atom stereocenters. The van der Waals surface area contributed by atoms with Gasteiger partial charge in [-0.15, -0.1) is 0 Å². The van der Waals surface area contributed by atoms with Gasteiger partial charge in [-0.1, -0.05) is 11.6 Å². The highest BCUT2D eigenvalue weighted by Gasteiger charge is 2.10. The summed E-state index contributed by atoms with van der Waals surface area (Å²) >= 11 is 9.32. The van der Waals surface area contributed by atoms with Crippen molar-refractivity contribution in [3.63, 3.8) is 0 Å². The highest BCUT2D eigenvalue weighted by atomic mass is 79.9. The van der Waals surface area contributed by atoms with Crippen LogP contribution in [0.3, 0.4) is 0 Å². The standard InChI is InChI=1S/C14H14BrClN2O2/c1-8-11(3-4-13(15)18-8)17-7-9-5-10(16)6-12(20-2)14(9)19/h3-6,17,19H,7H2,1-2H3. The molecule has 106 valence electrons. The van der Waals surface area contributed by atoms with Gasteiger partial charge in [-0.3, -0.25) is 0 Å². The number of nitrogens with one attached hydrogen (secondary N) is 1. The van der Waals surface area contributed by atoms with Gasteiger partial charge in [-0.25, -0.2) is 4.98 Å². The molecule has 2 rings (SSSR count). The number of ether oxygens (including phenoxy) is 1. The Hall–Kier alpha value is -1.46. The van der Waals surface area contributed by atoms with Gasteiger partial charge in [-0.2, -0.15) is 0 Å². The summed E-state index contributed by atoms with van der Waals surface area (Å²) in [5, 5.41) is 13.8. The van der Waals surface area contributed by atoms with Crippen LogP contribution in [-0.2, 0) is 6.54 Å². The molecule has 4 nitrogen and oxygen atoms in total. The van der Waals surface area contributed by atoms with Crippen molar-refractivity contribution in [2.24, 2.45) is 0 Å². The molecule has 0 fully saturated rings. The van der Waals surface area contributed by atoms with E-state index in [4.69, 9.17) is 16.3 Å². The van der Waals surface area contributed by atoms with Gasteiger partial charge in [0.2, 0.25) is 0 Å². The number of hydrogen-bond donors (Lipinski definition) is 2. The first-order chi connectivity index (χ1) is 9.51. The summed E-state index contributed by atoms with van der Waals surface area (Å²) in [7, 11) is 1.49. The molecule has 0 aliphatic heterocycles. The van der Waals surface area contributed by atoms with Crippen LogP contribution in [0.4, 0.5) is 5.69 Å². The third-order valence-electron chi connectivity index (χ3n) is 2.86. The number of anilines is 1. The number of nitrogens with zero attached hydrogens (tertiary/aromatic N) is 1. The van der Waals surface area contributed by atoms with E-state index < -0.39 is 0 Å². The average Bonchev–Trinajstić information content (AvgIpc) is 2.41. The Morgan fingerprint density at radius 3 is 2.80 bits per heavy atom. The lowest BCUT2D eigenvalue weighted by molar-refractivity contribution is 0.371. The van der Waals surface area contributed by atoms with E-state index in [9.17, 15) is 5.11 Å². The van der Waals surface area contributed by atoms with Gasteiger partial charge in [0.15, 0.2) is 11.5 Å². The number of aromatic nitrogens is 1. The molecule has 2 N–H and O–H groups in total. The first kappa shape index (κ1) is 14.9. The number of methoxy groups -OCH3 is 1. The Bertz CT molecular complexity index is 635. The maximum atomic E-state index is 10.1. The summed E-state index contributed by atoms with van der Waals surface area (Å²) < 4.78 is 5.86. The van der Waals surface area contributed by atoms with Crippen molar-refractivity contribution in [3.05, 3.63) is 45.1 Å². The molecule has 0 unspecified atom stereocenters. The summed E-state index contributed by atoms with van der Waals surface area (Å²) in [6.07, 6.45) is 0. The topological polar surface area (TPSA) is 54.4 Å². The average molecular weight is 358 g/mol. The van der Waals surface area contributed by atoms with Crippen LogP contribution >= 0.6 is 27.5 Å². The normalized spacial score (nSPS) is 10.4. The van der Waals surface area contributed by atoms with E-state index >= 15 is 0 Å². The van der Waals surface area contributed by atoms with Crippen LogP contribution in [0.25, 0.3) is 0 Å². The molecule has 1 heterocycles. The van der Waals surface area contributed by atoms with Crippen LogP contribution in [0.15, 0.2) is 28.9 Å². The molecule has 0 saturated carbocycles. The number of phenolic OH excluding ortho intramolecular Hbond substituents is 1. The molecule has 1 aromatic heterocycles. The zero-order valence-electron chi connectivity index (χ0n) is 11.1. The van der Waals surface area contributed by atoms with Crippen LogP contribution in [0, 0.1) is 6.92 Å². The van der Waals surface area contributed by atoms with E-state index in [0.717, 1.165) is 16.0 Å². The molecular formula is C14H14BrClN2O2. The van der Waals surface area contributed by atoms with E-state index in [1.54, 1.807) is 12.1 Å². The van der Waals surface area contributed by atoms with Gasteiger partial charge in [-0.05, 0) is 41.1 Å². The van der Waals surface area contributed by atoms with Crippen LogP contribution in [0.1, 0.15) is 11.3 Å². The van der Waals surface area contributed by atoms with Crippen molar-refractivity contribution in [3.8, 4) is 11.5 Å². The van der Waals surface area contributed by atoms with Crippen LogP contribution in [-0.4, -0.2) is 17.2 Å². The second kappa shape index (κ2) is 6.33. The lowest BCUT2D eigenvalue weighted by Crippen LogP contribution is -2.03. The Balaban J connectivity index is 2.20. The maximum Gasteiger partial charge on any atom is 0.162 e. The molecule has 0 radical (unpaired) electrons. The maximum absolute atomic E-state index is 10.1. The number of halogens is 2. The van der Waals surface area contributed by atoms with Gasteiger partial charge in [0, 0.05) is 23.2 Å². The Morgan fingerprint density at radius 1 is 1.40 bits per heavy atom. The molecule has 0 bridgehead atoms. The molecule has 20 heavy (non-hydrogen) atoms. The van der Waals surface area contributed by atoms with Gasteiger partial charge in [0.1, 0.15) is 4.60 Å². The fourth-order valence-electron chi connectivity index (χ4n) is 1.83. The number of pyridine rings is 1. The first-order valence-corrected chi connectivity index (χ1v) is 7.10. The molecule has 0 saturated heterocycles. The minimum Gasteiger partial charge on any atom is -0.504 e. The smallest absolute Gasteiger partial charge is 0.162 e. The number of phenols is 1. The van der Waals surface area contributed by atoms with Crippen LogP contribution in [0.5, 0.6) is 11.5 Å². The van der Waals surface area contributed by atoms with Crippen LogP contribution in [0.2, 0.25) is 5.02 Å². The van der Waals surface area contributed by atoms with Crippen molar-refractivity contribution in [1.29, 1.82) is 0 Å². The Labute approximate surface area is 130 Å². The summed E-state index contributed by atoms with van der Waals surface area (Å²) in [6, 6.07) is 7.06. The fraction of sp³-hybridized carbons (Fsp3) is 0.214. The van der Waals surface area contributed by atoms with E-state index in [2.05, 4.69) is 26.2 Å². The molecule has 0 amide bonds. The molecule has 1 aromatic carbocycles. The summed E-state index contributed by atoms with van der Waals surface area (Å²) in [4.78, 5) is 4.30. The summed E-state index contributed by atoms with van der Waals surface area (Å²) in [6.45, 7) is 2.33. The monoisotopic (exact) mass is 356 g/mol. The van der Waals surface area contributed by atoms with Gasteiger partial charge in [0.05, 0.1) is 18.5 Å². The van der Waals surface area contributed by atoms with Crippen molar-refractivity contribution >= 4 is 33.2 Å². The van der Waals surface area contributed by atoms with E-state index in [1.807, 2.05) is 19.1 Å². The van der Waals surface area contributed by atoms with Crippen molar-refractivity contribution in [2.45, 2.75) is 13.5 Å². The minimum absolute atomic E-state index is 0.0899. The number of benzene rings is 1. The predicted molar refractivity (Wildman–Crippen MR) is 83.7 cm³/mol. The van der Waals surface area contributed by atoms with Crippen molar-refractivity contribution in [2.75, 3.05) is 12.4 Å². The predicted octanol–water partition coefficient (Wildman–Crippen LogP) is 4.13. The lowest BCUT2D eigenvalue weighted by atomic mass is 10.1. The van der Waals surface area contributed by atoms with Crippen molar-refractivity contribution < 1.29 is 9.84 Å². The second-order valence-corrected chi connectivity index (χ2v) is 5.49. The molecule has 0 spiro atoms. The summed E-state index contributed by atoms with van der Waals surface area (Å²) in [5.41, 5.74) is 2.43. The number of hydrogen-bond acceptors (Lipinski definition) is 4. The highest BCUT2D eigenvalue weighted by Crippen LogP contribution is 2.33. The molecular weight excluding hydrogens is 344 g/mol. The Morgan fingerprint density at radius 2 is 2.15 bits per heavy atom. The molecule has 6 heteroatoms. The van der Waals surface area contributed by atoms with Crippen molar-refractivity contribution in [1.82, 2.24) is 4.98 Å². The minimum atomic E-state index is 0.0899. The summed E-state index contributed by atoms with van der Waals surface area (Å²) in [5.74, 6) is 0.451.